The van der Waals surface area contributed by atoms with Crippen LogP contribution in [0.5, 0.6) is 0 Å². The summed E-state index contributed by atoms with van der Waals surface area (Å²) in [6.45, 7) is 0. The quantitative estimate of drug-likeness (QED) is 0.186. The van der Waals surface area contributed by atoms with Crippen LogP contribution in [0.3, 0.4) is 0 Å². The van der Waals surface area contributed by atoms with Crippen LogP contribution in [-0.2, 0) is 0 Å². The molecule has 0 aliphatic heterocycles. The molecule has 0 amide bonds. The molecule has 7 nitrogen and oxygen atoms in total. The van der Waals surface area contributed by atoms with Gasteiger partial charge in [-0.2, -0.15) is 0 Å². The Kier molecular flexibility index (Phi) is 5.83. The molecule has 0 radical (unpaired) electrons. The van der Waals surface area contributed by atoms with Gasteiger partial charge in [-0.25, -0.2) is 9.97 Å². The van der Waals surface area contributed by atoms with Crippen molar-refractivity contribution >= 4 is 65.8 Å². The van der Waals surface area contributed by atoms with Crippen molar-refractivity contribution in [1.82, 2.24) is 19.9 Å². The molecule has 0 N–H and O–H groups in total. The molecule has 0 bridgehead atoms. The van der Waals surface area contributed by atoms with Crippen molar-refractivity contribution in [2.75, 3.05) is 0 Å². The molecule has 7 aromatic heterocycles. The van der Waals surface area contributed by atoms with E-state index in [0.29, 0.717) is 0 Å². The summed E-state index contributed by atoms with van der Waals surface area (Å²) in [5, 5.41) is 6.29. The van der Waals surface area contributed by atoms with Crippen molar-refractivity contribution in [2.24, 2.45) is 0 Å². The number of hydrogen-bond donors (Lipinski definition) is 0. The van der Waals surface area contributed by atoms with Crippen LogP contribution in [0, 0.1) is 0 Å². The van der Waals surface area contributed by atoms with Crippen molar-refractivity contribution in [3.63, 3.8) is 0 Å². The van der Waals surface area contributed by atoms with Gasteiger partial charge >= 0.3 is 0 Å². The fraction of sp³-hybridized carbons (Fsp3) is 0. The van der Waals surface area contributed by atoms with Gasteiger partial charge < -0.3 is 13.3 Å². The first kappa shape index (κ1) is 27.8. The molecule has 0 atom stereocenters. The number of hydrogen-bond acceptors (Lipinski definition) is 7. The largest absolute Gasteiger partial charge is 0.456 e. The molecule has 11 rings (SSSR count). The number of furan rings is 3. The number of rotatable bonds is 4. The van der Waals surface area contributed by atoms with E-state index >= 15 is 0 Å². The Morgan fingerprint density at radius 3 is 1.16 bits per heavy atom. The standard InChI is InChI=1S/C44H24N4O3/c1-3-35(27-9-13-40-32(21-27)30-16-18-46-24-44(30)51-40)47-37(5-1)38-6-2-4-36(48-38)28-10-14-42-34(22-28)33-20-26(8-12-41(33)49-42)25-7-11-39-31(19-25)29-15-17-45-23-43(29)50-39/h1-24H. The molecular formula is C44H24N4O3. The summed E-state index contributed by atoms with van der Waals surface area (Å²) >= 11 is 0. The first-order chi connectivity index (χ1) is 25.2. The molecule has 0 saturated heterocycles. The predicted octanol–water partition coefficient (Wildman–Crippen LogP) is 11.6. The zero-order valence-corrected chi connectivity index (χ0v) is 26.9. The van der Waals surface area contributed by atoms with Crippen LogP contribution < -0.4 is 0 Å². The van der Waals surface area contributed by atoms with Crippen molar-refractivity contribution in [3.05, 3.63) is 146 Å². The Hall–Kier alpha value is -7.12. The molecule has 0 spiro atoms. The Morgan fingerprint density at radius 2 is 0.686 bits per heavy atom. The lowest BCUT2D eigenvalue weighted by Gasteiger charge is -2.07. The SMILES string of the molecule is c1cc(-c2ccc3oc4cnccc4c3c2)nc(-c2cccc(-c3ccc4oc5ccc(-c6ccc7oc8cnccc8c7c6)cc5c4c3)n2)c1. The Labute approximate surface area is 289 Å². The highest BCUT2D eigenvalue weighted by Gasteiger charge is 2.15. The second kappa shape index (κ2) is 10.7. The summed E-state index contributed by atoms with van der Waals surface area (Å²) in [5.74, 6) is 0. The normalized spacial score (nSPS) is 11.9. The second-order valence-electron chi connectivity index (χ2n) is 12.7. The number of fused-ring (bicyclic) bond motifs is 9. The summed E-state index contributed by atoms with van der Waals surface area (Å²) in [4.78, 5) is 18.5. The molecule has 238 valence electrons. The summed E-state index contributed by atoms with van der Waals surface area (Å²) in [6, 6.07) is 41.2. The highest BCUT2D eigenvalue weighted by atomic mass is 16.3. The third-order valence-corrected chi connectivity index (χ3v) is 9.70. The molecule has 7 heteroatoms. The fourth-order valence-corrected chi connectivity index (χ4v) is 7.19. The van der Waals surface area contributed by atoms with E-state index in [1.54, 1.807) is 24.8 Å². The molecule has 7 heterocycles. The van der Waals surface area contributed by atoms with Gasteiger partial charge in [-0.05, 0) is 108 Å². The maximum absolute atomic E-state index is 6.28. The second-order valence-corrected chi connectivity index (χ2v) is 12.7. The molecule has 0 aliphatic carbocycles. The molecule has 11 aromatic rings. The van der Waals surface area contributed by atoms with E-state index < -0.39 is 0 Å². The summed E-state index contributed by atoms with van der Waals surface area (Å²) in [6.07, 6.45) is 7.10. The van der Waals surface area contributed by atoms with Crippen molar-refractivity contribution in [3.8, 4) is 45.0 Å². The molecule has 0 saturated carbocycles. The molecule has 4 aromatic carbocycles. The number of aromatic nitrogens is 4. The van der Waals surface area contributed by atoms with Gasteiger partial charge in [-0.15, -0.1) is 0 Å². The zero-order chi connectivity index (χ0) is 33.5. The Morgan fingerprint density at radius 1 is 0.314 bits per heavy atom. The number of pyridine rings is 4. The molecule has 0 unspecified atom stereocenters. The van der Waals surface area contributed by atoms with E-state index in [-0.39, 0.29) is 0 Å². The van der Waals surface area contributed by atoms with Crippen LogP contribution in [0.25, 0.3) is 111 Å². The lowest BCUT2D eigenvalue weighted by molar-refractivity contribution is 0.666. The fourth-order valence-electron chi connectivity index (χ4n) is 7.19. The van der Waals surface area contributed by atoms with Gasteiger partial charge in [0.05, 0.1) is 35.2 Å². The van der Waals surface area contributed by atoms with E-state index in [0.717, 1.165) is 111 Å². The van der Waals surface area contributed by atoms with Crippen LogP contribution in [0.2, 0.25) is 0 Å². The average molecular weight is 657 g/mol. The van der Waals surface area contributed by atoms with E-state index in [1.165, 1.54) is 0 Å². The van der Waals surface area contributed by atoms with Gasteiger partial charge in [0, 0.05) is 55.8 Å². The first-order valence-electron chi connectivity index (χ1n) is 16.7. The highest BCUT2D eigenvalue weighted by Crippen LogP contribution is 2.37. The van der Waals surface area contributed by atoms with Gasteiger partial charge in [0.2, 0.25) is 0 Å². The van der Waals surface area contributed by atoms with E-state index in [9.17, 15) is 0 Å². The Bertz CT molecular complexity index is 3170. The monoisotopic (exact) mass is 656 g/mol. The van der Waals surface area contributed by atoms with E-state index in [1.807, 2.05) is 78.9 Å². The molecule has 0 fully saturated rings. The molecule has 0 aliphatic rings. The van der Waals surface area contributed by atoms with Crippen LogP contribution in [0.1, 0.15) is 0 Å². The van der Waals surface area contributed by atoms with Gasteiger partial charge in [-0.1, -0.05) is 24.3 Å². The zero-order valence-electron chi connectivity index (χ0n) is 26.9. The van der Waals surface area contributed by atoms with Gasteiger partial charge in [-0.3, -0.25) is 9.97 Å². The summed E-state index contributed by atoms with van der Waals surface area (Å²) in [5.41, 5.74) is 12.4. The van der Waals surface area contributed by atoms with Gasteiger partial charge in [0.25, 0.3) is 0 Å². The minimum atomic E-state index is 0.772. The number of nitrogens with zero attached hydrogens (tertiary/aromatic N) is 4. The smallest absolute Gasteiger partial charge is 0.153 e. The first-order valence-corrected chi connectivity index (χ1v) is 16.7. The highest BCUT2D eigenvalue weighted by molar-refractivity contribution is 6.09. The summed E-state index contributed by atoms with van der Waals surface area (Å²) < 4.78 is 18.3. The minimum Gasteiger partial charge on any atom is -0.456 e. The van der Waals surface area contributed by atoms with E-state index in [4.69, 9.17) is 23.2 Å². The lowest BCUT2D eigenvalue weighted by atomic mass is 10.00. The topological polar surface area (TPSA) is 91.0 Å². The van der Waals surface area contributed by atoms with Crippen LogP contribution >= 0.6 is 0 Å². The maximum Gasteiger partial charge on any atom is 0.153 e. The number of benzene rings is 4. The maximum atomic E-state index is 6.28. The third kappa shape index (κ3) is 4.45. The average Bonchev–Trinajstić information content (AvgIpc) is 3.88. The minimum absolute atomic E-state index is 0.772. The molecule has 51 heavy (non-hydrogen) atoms. The third-order valence-electron chi connectivity index (χ3n) is 9.70. The summed E-state index contributed by atoms with van der Waals surface area (Å²) in [7, 11) is 0. The lowest BCUT2D eigenvalue weighted by Crippen LogP contribution is -1.92. The van der Waals surface area contributed by atoms with E-state index in [2.05, 4.69) is 52.4 Å². The Balaban J connectivity index is 0.960. The van der Waals surface area contributed by atoms with Crippen molar-refractivity contribution < 1.29 is 13.3 Å². The van der Waals surface area contributed by atoms with Crippen LogP contribution in [0.15, 0.2) is 159 Å². The van der Waals surface area contributed by atoms with Crippen molar-refractivity contribution in [2.45, 2.75) is 0 Å². The molecular weight excluding hydrogens is 633 g/mol. The predicted molar refractivity (Wildman–Crippen MR) is 201 cm³/mol. The van der Waals surface area contributed by atoms with Crippen LogP contribution in [0.4, 0.5) is 0 Å². The van der Waals surface area contributed by atoms with Gasteiger partial charge in [0.15, 0.2) is 11.2 Å². The van der Waals surface area contributed by atoms with Gasteiger partial charge in [0.1, 0.15) is 22.3 Å². The van der Waals surface area contributed by atoms with Crippen molar-refractivity contribution in [1.29, 1.82) is 0 Å². The van der Waals surface area contributed by atoms with Crippen LogP contribution in [-0.4, -0.2) is 19.9 Å².